The molecule has 4 rings (SSSR count). The van der Waals surface area contributed by atoms with Crippen molar-refractivity contribution in [2.45, 2.75) is 63.0 Å². The highest BCUT2D eigenvalue weighted by Gasteiger charge is 2.39. The Balaban J connectivity index is 1.43. The van der Waals surface area contributed by atoms with Crippen molar-refractivity contribution >= 4 is 17.3 Å². The van der Waals surface area contributed by atoms with Crippen LogP contribution in [0.1, 0.15) is 59.4 Å². The maximum atomic E-state index is 13.2. The third-order valence-corrected chi connectivity index (χ3v) is 7.06. The zero-order valence-corrected chi connectivity index (χ0v) is 20.0. The average molecular weight is 515 g/mol. The summed E-state index contributed by atoms with van der Waals surface area (Å²) in [4.78, 5) is 19.4. The van der Waals surface area contributed by atoms with Crippen LogP contribution in [0.4, 0.5) is 37.7 Å². The van der Waals surface area contributed by atoms with E-state index in [1.165, 1.54) is 11.9 Å². The summed E-state index contributed by atoms with van der Waals surface area (Å²) in [5.74, 6) is -0.170. The Morgan fingerprint density at radius 3 is 2.22 bits per heavy atom. The molecular weight excluding hydrogens is 486 g/mol. The van der Waals surface area contributed by atoms with Gasteiger partial charge in [-0.1, -0.05) is 12.1 Å². The van der Waals surface area contributed by atoms with Crippen LogP contribution in [0.5, 0.6) is 0 Å². The van der Waals surface area contributed by atoms with Crippen LogP contribution in [-0.2, 0) is 18.8 Å². The van der Waals surface area contributed by atoms with E-state index in [4.69, 9.17) is 0 Å². The number of amides is 1. The first-order chi connectivity index (χ1) is 16.8. The largest absolute Gasteiger partial charge is 0.433 e. The number of halogens is 6. The summed E-state index contributed by atoms with van der Waals surface area (Å²) in [5, 5.41) is 3.07. The van der Waals surface area contributed by atoms with E-state index in [-0.39, 0.29) is 23.7 Å². The predicted molar refractivity (Wildman–Crippen MR) is 124 cm³/mol. The van der Waals surface area contributed by atoms with Gasteiger partial charge >= 0.3 is 12.4 Å². The topological polar surface area (TPSA) is 48.5 Å². The fraction of sp³-hybridized carbons (Fsp3) is 0.520. The lowest BCUT2D eigenvalue weighted by molar-refractivity contribution is -0.150. The molecule has 2 aromatic rings. The van der Waals surface area contributed by atoms with Crippen LogP contribution in [-0.4, -0.2) is 43.6 Å². The predicted octanol–water partition coefficient (Wildman–Crippen LogP) is 5.68. The van der Waals surface area contributed by atoms with Crippen molar-refractivity contribution in [1.29, 1.82) is 0 Å². The molecule has 1 aliphatic heterocycles. The van der Waals surface area contributed by atoms with Gasteiger partial charge in [-0.2, -0.15) is 26.3 Å². The first-order valence-electron chi connectivity index (χ1n) is 11.9. The number of benzene rings is 1. The fourth-order valence-corrected chi connectivity index (χ4v) is 5.14. The molecule has 0 atom stereocenters. The fourth-order valence-electron chi connectivity index (χ4n) is 5.14. The van der Waals surface area contributed by atoms with Gasteiger partial charge in [0, 0.05) is 38.4 Å². The van der Waals surface area contributed by atoms with Crippen LogP contribution in [0.25, 0.3) is 0 Å². The molecule has 36 heavy (non-hydrogen) atoms. The van der Waals surface area contributed by atoms with Gasteiger partial charge in [-0.15, -0.1) is 0 Å². The normalized spacial score (nSPS) is 20.6. The number of aryl methyl sites for hydroxylation is 1. The number of hydrogen-bond donors (Lipinski definition) is 1. The third kappa shape index (κ3) is 5.54. The molecule has 0 radical (unpaired) electrons. The first kappa shape index (κ1) is 26.1. The zero-order valence-electron chi connectivity index (χ0n) is 20.0. The third-order valence-electron chi connectivity index (χ3n) is 7.06. The quantitative estimate of drug-likeness (QED) is 0.534. The summed E-state index contributed by atoms with van der Waals surface area (Å²) in [7, 11) is 3.45. The molecule has 0 bridgehead atoms. The van der Waals surface area contributed by atoms with Crippen molar-refractivity contribution in [1.82, 2.24) is 10.3 Å². The second-order valence-corrected chi connectivity index (χ2v) is 9.52. The van der Waals surface area contributed by atoms with Crippen LogP contribution in [0.2, 0.25) is 0 Å². The van der Waals surface area contributed by atoms with Crippen molar-refractivity contribution in [2.75, 3.05) is 30.4 Å². The molecule has 2 aliphatic rings. The zero-order chi connectivity index (χ0) is 26.3. The van der Waals surface area contributed by atoms with E-state index in [0.29, 0.717) is 43.4 Å². The van der Waals surface area contributed by atoms with Gasteiger partial charge in [0.1, 0.15) is 11.4 Å². The number of carbonyl (C=O) groups excluding carboxylic acids is 1. The van der Waals surface area contributed by atoms with Gasteiger partial charge in [0.05, 0.1) is 11.3 Å². The van der Waals surface area contributed by atoms with Crippen LogP contribution in [0.15, 0.2) is 30.3 Å². The van der Waals surface area contributed by atoms with Gasteiger partial charge in [-0.25, -0.2) is 4.98 Å². The lowest BCUT2D eigenvalue weighted by atomic mass is 9.89. The van der Waals surface area contributed by atoms with E-state index >= 15 is 0 Å². The monoisotopic (exact) mass is 514 g/mol. The van der Waals surface area contributed by atoms with Crippen LogP contribution >= 0.6 is 0 Å². The maximum absolute atomic E-state index is 13.2. The lowest BCUT2D eigenvalue weighted by Crippen LogP contribution is -2.43. The summed E-state index contributed by atoms with van der Waals surface area (Å²) >= 11 is 0. The number of hydrogen-bond acceptors (Lipinski definition) is 4. The number of pyridine rings is 1. The summed E-state index contributed by atoms with van der Waals surface area (Å²) in [5.41, 5.74) is -0.641. The van der Waals surface area contributed by atoms with Gasteiger partial charge in [0.25, 0.3) is 5.91 Å². The van der Waals surface area contributed by atoms with E-state index in [1.54, 1.807) is 6.07 Å². The SMILES string of the molecule is CN1CCCc2cccc(C(=O)N[C@H]3CC[C@@H](N(C)c4cc(C(F)(F)F)nc(C(F)(F)F)c4)CC3)c21. The molecule has 1 amide bonds. The van der Waals surface area contributed by atoms with Crippen molar-refractivity contribution in [3.05, 3.63) is 52.8 Å². The highest BCUT2D eigenvalue weighted by atomic mass is 19.4. The number of rotatable bonds is 4. The molecule has 1 fully saturated rings. The average Bonchev–Trinajstić information content (AvgIpc) is 2.82. The Kier molecular flexibility index (Phi) is 7.12. The Hall–Kier alpha value is -2.98. The van der Waals surface area contributed by atoms with Gasteiger partial charge in [-0.05, 0) is 62.3 Å². The van der Waals surface area contributed by atoms with E-state index in [9.17, 15) is 31.1 Å². The smallest absolute Gasteiger partial charge is 0.374 e. The van der Waals surface area contributed by atoms with Crippen molar-refractivity contribution in [2.24, 2.45) is 0 Å². The van der Waals surface area contributed by atoms with E-state index in [0.717, 1.165) is 30.6 Å². The second kappa shape index (κ2) is 9.82. The summed E-state index contributed by atoms with van der Waals surface area (Å²) in [6.07, 6.45) is -5.90. The number of aromatic nitrogens is 1. The van der Waals surface area contributed by atoms with Gasteiger partial charge in [0.15, 0.2) is 0 Å². The summed E-state index contributed by atoms with van der Waals surface area (Å²) < 4.78 is 79.2. The Bertz CT molecular complexity index is 1080. The minimum atomic E-state index is -5.00. The number of alkyl halides is 6. The number of anilines is 2. The Morgan fingerprint density at radius 2 is 1.64 bits per heavy atom. The highest BCUT2D eigenvalue weighted by molar-refractivity contribution is 6.00. The van der Waals surface area contributed by atoms with E-state index in [1.807, 2.05) is 19.2 Å². The summed E-state index contributed by atoms with van der Waals surface area (Å²) in [6, 6.07) is 6.61. The first-order valence-corrected chi connectivity index (χ1v) is 11.9. The summed E-state index contributed by atoms with van der Waals surface area (Å²) in [6.45, 7) is 0.871. The molecule has 5 nitrogen and oxygen atoms in total. The Labute approximate surface area is 205 Å². The number of nitrogens with zero attached hydrogens (tertiary/aromatic N) is 3. The molecule has 1 aromatic heterocycles. The Morgan fingerprint density at radius 1 is 1.03 bits per heavy atom. The van der Waals surface area contributed by atoms with Crippen LogP contribution in [0, 0.1) is 0 Å². The molecule has 0 spiro atoms. The van der Waals surface area contributed by atoms with Crippen molar-refractivity contribution in [3.8, 4) is 0 Å². The molecule has 0 saturated heterocycles. The maximum Gasteiger partial charge on any atom is 0.433 e. The van der Waals surface area contributed by atoms with E-state index < -0.39 is 23.7 Å². The van der Waals surface area contributed by atoms with Gasteiger partial charge in [-0.3, -0.25) is 4.79 Å². The number of nitrogens with one attached hydrogen (secondary N) is 1. The molecule has 1 aliphatic carbocycles. The molecule has 1 N–H and O–H groups in total. The number of fused-ring (bicyclic) bond motifs is 1. The van der Waals surface area contributed by atoms with Crippen molar-refractivity contribution < 1.29 is 31.1 Å². The minimum absolute atomic E-state index is 0.124. The molecular formula is C25H28F6N4O. The van der Waals surface area contributed by atoms with Crippen LogP contribution in [0.3, 0.4) is 0 Å². The number of para-hydroxylation sites is 1. The lowest BCUT2D eigenvalue weighted by Gasteiger charge is -2.37. The molecule has 0 unspecified atom stereocenters. The van der Waals surface area contributed by atoms with Gasteiger partial charge in [0.2, 0.25) is 0 Å². The standard InChI is InChI=1S/C25H28F6N4O/c1-34-12-4-6-15-5-3-7-19(22(15)34)23(36)32-16-8-10-17(11-9-16)35(2)18-13-20(24(26,27)28)33-21(14-18)25(29,30)31/h3,5,7,13-14,16-17H,4,6,8-12H2,1-2H3,(H,32,36)/t16-,17+. The molecule has 11 heteroatoms. The molecule has 1 saturated carbocycles. The van der Waals surface area contributed by atoms with Crippen LogP contribution < -0.4 is 15.1 Å². The van der Waals surface area contributed by atoms with E-state index in [2.05, 4.69) is 15.2 Å². The molecule has 2 heterocycles. The highest BCUT2D eigenvalue weighted by Crippen LogP contribution is 2.37. The van der Waals surface area contributed by atoms with Crippen molar-refractivity contribution in [3.63, 3.8) is 0 Å². The minimum Gasteiger partial charge on any atom is -0.374 e. The molecule has 1 aromatic carbocycles. The molecule has 196 valence electrons. The second-order valence-electron chi connectivity index (χ2n) is 9.52. The number of carbonyl (C=O) groups is 1. The van der Waals surface area contributed by atoms with Gasteiger partial charge < -0.3 is 15.1 Å².